The third-order valence-corrected chi connectivity index (χ3v) is 1.66. The van der Waals surface area contributed by atoms with Gasteiger partial charge in [0.05, 0.1) is 6.61 Å². The minimum atomic E-state index is -0.0480. The van der Waals surface area contributed by atoms with Crippen LogP contribution in [0.3, 0.4) is 0 Å². The molecule has 0 aromatic heterocycles. The van der Waals surface area contributed by atoms with Gasteiger partial charge in [0.1, 0.15) is 6.10 Å². The molecule has 0 aliphatic rings. The second-order valence-corrected chi connectivity index (χ2v) is 2.90. The van der Waals surface area contributed by atoms with Crippen LogP contribution >= 0.6 is 0 Å². The number of hydrogen-bond donors (Lipinski definition) is 0. The summed E-state index contributed by atoms with van der Waals surface area (Å²) in [6, 6.07) is 9.88. The maximum Gasteiger partial charge on any atom is 0.116 e. The SMILES string of the molecule is C=CCOC(C)C#Cc1ccccc1. The van der Waals surface area contributed by atoms with Crippen LogP contribution in [0.15, 0.2) is 43.0 Å². The van der Waals surface area contributed by atoms with Crippen molar-refractivity contribution in [2.45, 2.75) is 13.0 Å². The topological polar surface area (TPSA) is 9.23 Å². The van der Waals surface area contributed by atoms with Gasteiger partial charge in [-0.15, -0.1) is 6.58 Å². The van der Waals surface area contributed by atoms with Crippen molar-refractivity contribution in [2.75, 3.05) is 6.61 Å². The van der Waals surface area contributed by atoms with Crippen molar-refractivity contribution in [1.29, 1.82) is 0 Å². The predicted octanol–water partition coefficient (Wildman–Crippen LogP) is 2.63. The third-order valence-electron chi connectivity index (χ3n) is 1.66. The second-order valence-electron chi connectivity index (χ2n) is 2.90. The fourth-order valence-electron chi connectivity index (χ4n) is 0.960. The fraction of sp³-hybridized carbons (Fsp3) is 0.231. The highest BCUT2D eigenvalue weighted by Gasteiger charge is 1.92. The van der Waals surface area contributed by atoms with Crippen molar-refractivity contribution in [2.24, 2.45) is 0 Å². The van der Waals surface area contributed by atoms with Crippen LogP contribution in [-0.2, 0) is 4.74 Å². The van der Waals surface area contributed by atoms with Gasteiger partial charge in [-0.05, 0) is 19.1 Å². The summed E-state index contributed by atoms with van der Waals surface area (Å²) in [5.41, 5.74) is 1.02. The zero-order valence-corrected chi connectivity index (χ0v) is 8.36. The highest BCUT2D eigenvalue weighted by molar-refractivity contribution is 5.34. The van der Waals surface area contributed by atoms with Crippen molar-refractivity contribution in [3.05, 3.63) is 48.6 Å². The van der Waals surface area contributed by atoms with Crippen molar-refractivity contribution in [3.8, 4) is 11.8 Å². The Labute approximate surface area is 85.4 Å². The van der Waals surface area contributed by atoms with Crippen LogP contribution in [0.25, 0.3) is 0 Å². The molecule has 14 heavy (non-hydrogen) atoms. The maximum absolute atomic E-state index is 5.32. The number of ether oxygens (including phenoxy) is 1. The van der Waals surface area contributed by atoms with E-state index in [9.17, 15) is 0 Å². The Morgan fingerprint density at radius 1 is 1.43 bits per heavy atom. The minimum absolute atomic E-state index is 0.0480. The van der Waals surface area contributed by atoms with Crippen molar-refractivity contribution in [3.63, 3.8) is 0 Å². The summed E-state index contributed by atoms with van der Waals surface area (Å²) < 4.78 is 5.32. The van der Waals surface area contributed by atoms with E-state index in [1.807, 2.05) is 37.3 Å². The molecule has 0 bridgehead atoms. The van der Waals surface area contributed by atoms with E-state index in [1.165, 1.54) is 0 Å². The van der Waals surface area contributed by atoms with Gasteiger partial charge in [0, 0.05) is 5.56 Å². The van der Waals surface area contributed by atoms with Gasteiger partial charge in [-0.2, -0.15) is 0 Å². The average molecular weight is 186 g/mol. The summed E-state index contributed by atoms with van der Waals surface area (Å²) in [6.45, 7) is 6.05. The minimum Gasteiger partial charge on any atom is -0.362 e. The Balaban J connectivity index is 2.51. The molecule has 1 nitrogen and oxygen atoms in total. The lowest BCUT2D eigenvalue weighted by atomic mass is 10.2. The summed E-state index contributed by atoms with van der Waals surface area (Å²) in [7, 11) is 0. The Morgan fingerprint density at radius 2 is 2.14 bits per heavy atom. The molecule has 0 radical (unpaired) electrons. The Morgan fingerprint density at radius 3 is 2.79 bits per heavy atom. The van der Waals surface area contributed by atoms with Crippen molar-refractivity contribution >= 4 is 0 Å². The van der Waals surface area contributed by atoms with Gasteiger partial charge in [-0.3, -0.25) is 0 Å². The molecule has 0 spiro atoms. The third kappa shape index (κ3) is 3.93. The fourth-order valence-corrected chi connectivity index (χ4v) is 0.960. The number of hydrogen-bond acceptors (Lipinski definition) is 1. The molecule has 1 unspecified atom stereocenters. The monoisotopic (exact) mass is 186 g/mol. The Kier molecular flexibility index (Phi) is 4.54. The molecule has 1 aromatic rings. The van der Waals surface area contributed by atoms with Crippen LogP contribution in [0.2, 0.25) is 0 Å². The molecule has 0 aliphatic carbocycles. The molecule has 1 atom stereocenters. The summed E-state index contributed by atoms with van der Waals surface area (Å²) >= 11 is 0. The van der Waals surface area contributed by atoms with E-state index < -0.39 is 0 Å². The van der Waals surface area contributed by atoms with Crippen LogP contribution in [0, 0.1) is 11.8 Å². The molecule has 0 amide bonds. The highest BCUT2D eigenvalue weighted by atomic mass is 16.5. The molecular formula is C13H14O. The average Bonchev–Trinajstić information content (AvgIpc) is 2.25. The first-order chi connectivity index (χ1) is 6.83. The summed E-state index contributed by atoms with van der Waals surface area (Å²) in [4.78, 5) is 0. The summed E-state index contributed by atoms with van der Waals surface area (Å²) in [5.74, 6) is 6.06. The van der Waals surface area contributed by atoms with Crippen LogP contribution in [0.1, 0.15) is 12.5 Å². The largest absolute Gasteiger partial charge is 0.362 e. The van der Waals surface area contributed by atoms with Gasteiger partial charge in [0.2, 0.25) is 0 Å². The maximum atomic E-state index is 5.32. The molecule has 0 saturated carbocycles. The highest BCUT2D eigenvalue weighted by Crippen LogP contribution is 1.96. The van der Waals surface area contributed by atoms with Gasteiger partial charge < -0.3 is 4.74 Å². The van der Waals surface area contributed by atoms with E-state index in [2.05, 4.69) is 18.4 Å². The van der Waals surface area contributed by atoms with E-state index in [4.69, 9.17) is 4.74 Å². The lowest BCUT2D eigenvalue weighted by molar-refractivity contribution is 0.130. The summed E-state index contributed by atoms with van der Waals surface area (Å²) in [5, 5.41) is 0. The molecule has 0 saturated heterocycles. The molecule has 1 aromatic carbocycles. The Bertz CT molecular complexity index is 329. The van der Waals surface area contributed by atoms with E-state index in [1.54, 1.807) is 6.08 Å². The molecule has 0 N–H and O–H groups in total. The van der Waals surface area contributed by atoms with Crippen LogP contribution in [-0.4, -0.2) is 12.7 Å². The first kappa shape index (κ1) is 10.6. The van der Waals surface area contributed by atoms with E-state index >= 15 is 0 Å². The van der Waals surface area contributed by atoms with Crippen molar-refractivity contribution in [1.82, 2.24) is 0 Å². The normalized spacial score (nSPS) is 11.2. The molecule has 72 valence electrons. The number of rotatable bonds is 3. The van der Waals surface area contributed by atoms with E-state index in [0.717, 1.165) is 5.56 Å². The number of benzene rings is 1. The van der Waals surface area contributed by atoms with Crippen LogP contribution in [0.5, 0.6) is 0 Å². The van der Waals surface area contributed by atoms with Gasteiger partial charge in [-0.25, -0.2) is 0 Å². The van der Waals surface area contributed by atoms with Crippen molar-refractivity contribution < 1.29 is 4.74 Å². The second kappa shape index (κ2) is 6.01. The van der Waals surface area contributed by atoms with Gasteiger partial charge in [-0.1, -0.05) is 36.1 Å². The molecule has 0 fully saturated rings. The van der Waals surface area contributed by atoms with Gasteiger partial charge in [0.25, 0.3) is 0 Å². The molecule has 0 heterocycles. The molecule has 1 heteroatoms. The molecule has 1 rings (SSSR count). The molecule has 0 aliphatic heterocycles. The summed E-state index contributed by atoms with van der Waals surface area (Å²) in [6.07, 6.45) is 1.67. The first-order valence-electron chi connectivity index (χ1n) is 4.62. The predicted molar refractivity (Wildman–Crippen MR) is 58.9 cm³/mol. The lowest BCUT2D eigenvalue weighted by Crippen LogP contribution is -2.04. The molecular weight excluding hydrogens is 172 g/mol. The lowest BCUT2D eigenvalue weighted by Gasteiger charge is -2.01. The first-order valence-corrected chi connectivity index (χ1v) is 4.62. The zero-order valence-electron chi connectivity index (χ0n) is 8.36. The van der Waals surface area contributed by atoms with Gasteiger partial charge >= 0.3 is 0 Å². The zero-order chi connectivity index (χ0) is 10.2. The van der Waals surface area contributed by atoms with Crippen LogP contribution < -0.4 is 0 Å². The smallest absolute Gasteiger partial charge is 0.116 e. The van der Waals surface area contributed by atoms with E-state index in [-0.39, 0.29) is 6.10 Å². The van der Waals surface area contributed by atoms with Crippen LogP contribution in [0.4, 0.5) is 0 Å². The quantitative estimate of drug-likeness (QED) is 0.521. The standard InChI is InChI=1S/C13H14O/c1-3-11-14-12(2)9-10-13-7-5-4-6-8-13/h3-8,12H,1,11H2,2H3. The Hall–Kier alpha value is -1.52. The van der Waals surface area contributed by atoms with E-state index in [0.29, 0.717) is 6.61 Å². The van der Waals surface area contributed by atoms with Gasteiger partial charge in [0.15, 0.2) is 0 Å².